The van der Waals surface area contributed by atoms with Crippen LogP contribution in [0.15, 0.2) is 47.4 Å². The summed E-state index contributed by atoms with van der Waals surface area (Å²) in [5.41, 5.74) is 2.36. The van der Waals surface area contributed by atoms with Gasteiger partial charge in [-0.25, -0.2) is 25.9 Å². The highest BCUT2D eigenvalue weighted by molar-refractivity contribution is 7.94. The summed E-state index contributed by atoms with van der Waals surface area (Å²) in [5, 5.41) is 0. The van der Waals surface area contributed by atoms with Crippen LogP contribution >= 0.6 is 0 Å². The number of nitrogens with zero attached hydrogens (tertiary/aromatic N) is 1. The molecule has 150 valence electrons. The Morgan fingerprint density at radius 2 is 1.79 bits per heavy atom. The molecule has 1 fully saturated rings. The van der Waals surface area contributed by atoms with Gasteiger partial charge >= 0.3 is 0 Å². The lowest BCUT2D eigenvalue weighted by Crippen LogP contribution is -2.30. The molecule has 1 atom stereocenters. The quantitative estimate of drug-likeness (QED) is 0.795. The van der Waals surface area contributed by atoms with Crippen molar-refractivity contribution < 1.29 is 21.6 Å². The summed E-state index contributed by atoms with van der Waals surface area (Å²) in [6.45, 7) is 5.17. The van der Waals surface area contributed by atoms with E-state index >= 15 is 0 Å². The van der Waals surface area contributed by atoms with Crippen LogP contribution in [-0.2, 0) is 31.4 Å². The maximum atomic E-state index is 12.7. The Hall–Kier alpha value is -2.23. The smallest absolute Gasteiger partial charge is 0.244 e. The maximum Gasteiger partial charge on any atom is 0.244 e. The lowest BCUT2D eigenvalue weighted by Gasteiger charge is -2.17. The summed E-state index contributed by atoms with van der Waals surface area (Å²) in [5.74, 6) is -1.37. The topological polar surface area (TPSA) is 101 Å². The average molecular weight is 423 g/mol. The van der Waals surface area contributed by atoms with E-state index in [1.54, 1.807) is 13.8 Å². The van der Waals surface area contributed by atoms with E-state index in [1.807, 2.05) is 31.2 Å². The zero-order valence-corrected chi connectivity index (χ0v) is 17.5. The monoisotopic (exact) mass is 422 g/mol. The van der Waals surface area contributed by atoms with Gasteiger partial charge in [0.2, 0.25) is 26.0 Å². The third kappa shape index (κ3) is 3.82. The Bertz CT molecular complexity index is 1140. The standard InChI is InChI=1S/C19H22N2O5S2/c1-13-6-4-5-7-16(13)11-20-28(25,26)18-9-8-17(10-14(18)2)21-19(22)15(3)12-27(21,23)24/h4-10,15,20H,11-12H2,1-3H3. The minimum Gasteiger partial charge on any atom is -0.273 e. The van der Waals surface area contributed by atoms with Gasteiger partial charge in [0.25, 0.3) is 0 Å². The van der Waals surface area contributed by atoms with E-state index in [2.05, 4.69) is 4.72 Å². The minimum absolute atomic E-state index is 0.0435. The van der Waals surface area contributed by atoms with Gasteiger partial charge in [0.15, 0.2) is 0 Å². The molecular weight excluding hydrogens is 400 g/mol. The zero-order chi connectivity index (χ0) is 20.7. The number of hydrogen-bond donors (Lipinski definition) is 1. The maximum absolute atomic E-state index is 12.7. The number of benzene rings is 2. The molecule has 2 aromatic carbocycles. The van der Waals surface area contributed by atoms with Crippen LogP contribution in [-0.4, -0.2) is 28.5 Å². The van der Waals surface area contributed by atoms with Crippen LogP contribution in [0.3, 0.4) is 0 Å². The average Bonchev–Trinajstić information content (AvgIpc) is 2.81. The number of sulfonamides is 2. The molecule has 0 saturated carbocycles. The number of aryl methyl sites for hydroxylation is 2. The Labute approximate surface area is 165 Å². The summed E-state index contributed by atoms with van der Waals surface area (Å²) in [6, 6.07) is 11.6. The van der Waals surface area contributed by atoms with Crippen LogP contribution in [0.5, 0.6) is 0 Å². The van der Waals surface area contributed by atoms with Crippen LogP contribution in [0.1, 0.15) is 23.6 Å². The Balaban J connectivity index is 1.88. The molecule has 0 bridgehead atoms. The molecule has 0 aliphatic carbocycles. The summed E-state index contributed by atoms with van der Waals surface area (Å²) >= 11 is 0. The molecule has 1 unspecified atom stereocenters. The highest BCUT2D eigenvalue weighted by Gasteiger charge is 2.42. The second kappa shape index (κ2) is 7.31. The molecule has 1 aliphatic rings. The number of rotatable bonds is 5. The molecule has 0 radical (unpaired) electrons. The second-order valence-electron chi connectivity index (χ2n) is 6.98. The number of amides is 1. The van der Waals surface area contributed by atoms with Crippen molar-refractivity contribution in [3.63, 3.8) is 0 Å². The van der Waals surface area contributed by atoms with E-state index in [0.717, 1.165) is 15.4 Å². The van der Waals surface area contributed by atoms with E-state index in [0.29, 0.717) is 5.56 Å². The first-order valence-electron chi connectivity index (χ1n) is 8.74. The molecule has 1 N–H and O–H groups in total. The zero-order valence-electron chi connectivity index (χ0n) is 15.8. The van der Waals surface area contributed by atoms with E-state index in [9.17, 15) is 21.6 Å². The van der Waals surface area contributed by atoms with Crippen molar-refractivity contribution in [1.82, 2.24) is 4.72 Å². The van der Waals surface area contributed by atoms with Gasteiger partial charge in [-0.3, -0.25) is 4.79 Å². The predicted octanol–water partition coefficient (Wildman–Crippen LogP) is 2.09. The number of hydrogen-bond acceptors (Lipinski definition) is 5. The molecule has 7 nitrogen and oxygen atoms in total. The lowest BCUT2D eigenvalue weighted by molar-refractivity contribution is -0.119. The largest absolute Gasteiger partial charge is 0.273 e. The van der Waals surface area contributed by atoms with Crippen molar-refractivity contribution in [3.8, 4) is 0 Å². The van der Waals surface area contributed by atoms with E-state index in [1.165, 1.54) is 18.2 Å². The summed E-state index contributed by atoms with van der Waals surface area (Å²) < 4.78 is 53.2. The first kappa shape index (κ1) is 20.5. The highest BCUT2D eigenvalue weighted by atomic mass is 32.2. The second-order valence-corrected chi connectivity index (χ2v) is 10.6. The highest BCUT2D eigenvalue weighted by Crippen LogP contribution is 2.30. The lowest BCUT2D eigenvalue weighted by atomic mass is 10.1. The van der Waals surface area contributed by atoms with Gasteiger partial charge in [-0.1, -0.05) is 31.2 Å². The van der Waals surface area contributed by atoms with Crippen molar-refractivity contribution in [2.45, 2.75) is 32.2 Å². The van der Waals surface area contributed by atoms with Crippen LogP contribution in [0.2, 0.25) is 0 Å². The fraction of sp³-hybridized carbons (Fsp3) is 0.316. The fourth-order valence-electron chi connectivity index (χ4n) is 3.21. The molecule has 0 spiro atoms. The third-order valence-electron chi connectivity index (χ3n) is 4.76. The summed E-state index contributed by atoms with van der Waals surface area (Å²) in [7, 11) is -7.54. The van der Waals surface area contributed by atoms with Crippen molar-refractivity contribution in [3.05, 3.63) is 59.2 Å². The molecule has 28 heavy (non-hydrogen) atoms. The molecule has 0 aromatic heterocycles. The van der Waals surface area contributed by atoms with Crippen molar-refractivity contribution in [1.29, 1.82) is 0 Å². The van der Waals surface area contributed by atoms with Crippen molar-refractivity contribution >= 4 is 31.6 Å². The molecule has 1 saturated heterocycles. The van der Waals surface area contributed by atoms with E-state index in [-0.39, 0.29) is 22.9 Å². The van der Waals surface area contributed by atoms with Crippen LogP contribution in [0.25, 0.3) is 0 Å². The number of carbonyl (C=O) groups excluding carboxylic acids is 1. The Kier molecular flexibility index (Phi) is 5.35. The molecule has 9 heteroatoms. The van der Waals surface area contributed by atoms with Crippen LogP contribution in [0, 0.1) is 19.8 Å². The van der Waals surface area contributed by atoms with Gasteiger partial charge < -0.3 is 0 Å². The normalized spacial score (nSPS) is 19.2. The Morgan fingerprint density at radius 1 is 1.11 bits per heavy atom. The van der Waals surface area contributed by atoms with Gasteiger partial charge in [-0.2, -0.15) is 0 Å². The van der Waals surface area contributed by atoms with Crippen LogP contribution in [0.4, 0.5) is 5.69 Å². The first-order valence-corrected chi connectivity index (χ1v) is 11.8. The third-order valence-corrected chi connectivity index (χ3v) is 8.19. The molecule has 2 aromatic rings. The van der Waals surface area contributed by atoms with Gasteiger partial charge in [0.05, 0.1) is 22.3 Å². The first-order chi connectivity index (χ1) is 13.0. The van der Waals surface area contributed by atoms with Crippen molar-refractivity contribution in [2.24, 2.45) is 5.92 Å². The summed E-state index contributed by atoms with van der Waals surface area (Å²) in [6.07, 6.45) is 0. The minimum atomic E-state index is -3.80. The molecular formula is C19H22N2O5S2. The van der Waals surface area contributed by atoms with Gasteiger partial charge in [-0.15, -0.1) is 0 Å². The molecule has 3 rings (SSSR count). The molecule has 1 heterocycles. The van der Waals surface area contributed by atoms with Gasteiger partial charge in [0, 0.05) is 6.54 Å². The van der Waals surface area contributed by atoms with Crippen molar-refractivity contribution in [2.75, 3.05) is 10.1 Å². The van der Waals surface area contributed by atoms with E-state index in [4.69, 9.17) is 0 Å². The molecule has 1 aliphatic heterocycles. The van der Waals surface area contributed by atoms with E-state index < -0.39 is 31.9 Å². The Morgan fingerprint density at radius 3 is 2.36 bits per heavy atom. The summed E-state index contributed by atoms with van der Waals surface area (Å²) in [4.78, 5) is 12.3. The number of carbonyl (C=O) groups is 1. The number of nitrogens with one attached hydrogen (secondary N) is 1. The van der Waals surface area contributed by atoms with Gasteiger partial charge in [0.1, 0.15) is 0 Å². The predicted molar refractivity (Wildman–Crippen MR) is 107 cm³/mol. The SMILES string of the molecule is Cc1ccccc1CNS(=O)(=O)c1ccc(N2C(=O)C(C)CS2(=O)=O)cc1C. The van der Waals surface area contributed by atoms with Crippen LogP contribution < -0.4 is 9.03 Å². The fourth-order valence-corrected chi connectivity index (χ4v) is 6.25. The van der Waals surface area contributed by atoms with Gasteiger partial charge in [-0.05, 0) is 48.7 Å². The molecule has 1 amide bonds. The number of anilines is 1.